The van der Waals surface area contributed by atoms with Crippen molar-refractivity contribution in [2.24, 2.45) is 11.8 Å². The number of nitriles is 1. The van der Waals surface area contributed by atoms with Crippen LogP contribution in [0.1, 0.15) is 24.0 Å². The first kappa shape index (κ1) is 10.5. The summed E-state index contributed by atoms with van der Waals surface area (Å²) in [5.74, 6) is 1.48. The lowest BCUT2D eigenvalue weighted by molar-refractivity contribution is 0.448. The Balaban J connectivity index is 1.91. The van der Waals surface area contributed by atoms with Crippen LogP contribution in [0.3, 0.4) is 0 Å². The average molecular weight is 225 g/mol. The van der Waals surface area contributed by atoms with Gasteiger partial charge in [0.2, 0.25) is 0 Å². The fraction of sp³-hybridized carbons (Fsp3) is 0.429. The van der Waals surface area contributed by atoms with Gasteiger partial charge in [-0.25, -0.2) is 0 Å². The van der Waals surface area contributed by atoms with E-state index in [0.717, 1.165) is 31.0 Å². The lowest BCUT2D eigenvalue weighted by Crippen LogP contribution is -2.15. The zero-order chi connectivity index (χ0) is 11.7. The molecule has 3 nitrogen and oxygen atoms in total. The Morgan fingerprint density at radius 3 is 3.18 bits per heavy atom. The number of hydrogen-bond acceptors (Lipinski definition) is 3. The van der Waals surface area contributed by atoms with E-state index >= 15 is 0 Å². The summed E-state index contributed by atoms with van der Waals surface area (Å²) in [6.45, 7) is 2.25. The monoisotopic (exact) mass is 225 g/mol. The topological polar surface area (TPSA) is 48.7 Å². The molecule has 3 rings (SSSR count). The average Bonchev–Trinajstić information content (AvgIpc) is 2.86. The van der Waals surface area contributed by atoms with E-state index in [2.05, 4.69) is 22.4 Å². The van der Waals surface area contributed by atoms with Crippen LogP contribution in [0.5, 0.6) is 0 Å². The van der Waals surface area contributed by atoms with Gasteiger partial charge in [0.15, 0.2) is 0 Å². The van der Waals surface area contributed by atoms with Gasteiger partial charge in [-0.1, -0.05) is 6.08 Å². The van der Waals surface area contributed by atoms with Crippen molar-refractivity contribution in [3.8, 4) is 6.07 Å². The molecule has 1 fully saturated rings. The first-order chi connectivity index (χ1) is 8.36. The predicted octanol–water partition coefficient (Wildman–Crippen LogP) is 1.97. The van der Waals surface area contributed by atoms with E-state index in [9.17, 15) is 0 Å². The second-order valence-electron chi connectivity index (χ2n) is 4.89. The highest BCUT2D eigenvalue weighted by Crippen LogP contribution is 2.35. The Morgan fingerprint density at radius 2 is 2.29 bits per heavy atom. The smallest absolute Gasteiger partial charge is 0.101 e. The molecule has 1 aliphatic heterocycles. The first-order valence-corrected chi connectivity index (χ1v) is 6.14. The largest absolute Gasteiger partial charge is 0.316 e. The number of fused-ring (bicyclic) bond motifs is 1. The lowest BCUT2D eigenvalue weighted by atomic mass is 9.81. The van der Waals surface area contributed by atoms with Crippen LogP contribution in [0, 0.1) is 23.2 Å². The Bertz CT molecular complexity index is 498. The minimum atomic E-state index is 0.648. The van der Waals surface area contributed by atoms with E-state index in [1.165, 1.54) is 12.0 Å². The van der Waals surface area contributed by atoms with E-state index in [1.54, 1.807) is 6.20 Å². The van der Waals surface area contributed by atoms with Crippen LogP contribution in [-0.4, -0.2) is 18.1 Å². The van der Waals surface area contributed by atoms with Crippen molar-refractivity contribution < 1.29 is 0 Å². The van der Waals surface area contributed by atoms with E-state index in [4.69, 9.17) is 5.26 Å². The highest BCUT2D eigenvalue weighted by Gasteiger charge is 2.29. The molecule has 2 heterocycles. The number of hydrogen-bond donors (Lipinski definition) is 1. The summed E-state index contributed by atoms with van der Waals surface area (Å²) in [5, 5.41) is 12.3. The van der Waals surface area contributed by atoms with Gasteiger partial charge in [-0.3, -0.25) is 4.98 Å². The zero-order valence-electron chi connectivity index (χ0n) is 9.69. The molecular weight excluding hydrogens is 210 g/mol. The van der Waals surface area contributed by atoms with E-state index in [-0.39, 0.29) is 0 Å². The van der Waals surface area contributed by atoms with Crippen molar-refractivity contribution in [3.63, 3.8) is 0 Å². The quantitative estimate of drug-likeness (QED) is 0.795. The molecule has 0 radical (unpaired) electrons. The van der Waals surface area contributed by atoms with Gasteiger partial charge in [0, 0.05) is 18.9 Å². The van der Waals surface area contributed by atoms with E-state index in [1.807, 2.05) is 12.3 Å². The number of pyridine rings is 1. The third-order valence-corrected chi connectivity index (χ3v) is 3.83. The molecule has 0 aromatic carbocycles. The second kappa shape index (κ2) is 4.31. The summed E-state index contributed by atoms with van der Waals surface area (Å²) >= 11 is 0. The predicted molar refractivity (Wildman–Crippen MR) is 66.0 cm³/mol. The molecule has 86 valence electrons. The fourth-order valence-corrected chi connectivity index (χ4v) is 2.86. The molecule has 0 bridgehead atoms. The lowest BCUT2D eigenvalue weighted by Gasteiger charge is -2.23. The summed E-state index contributed by atoms with van der Waals surface area (Å²) in [6, 6.07) is 4.10. The number of allylic oxidation sites excluding steroid dienone is 1. The van der Waals surface area contributed by atoms with Gasteiger partial charge in [-0.15, -0.1) is 0 Å². The third-order valence-electron chi connectivity index (χ3n) is 3.83. The number of aromatic nitrogens is 1. The van der Waals surface area contributed by atoms with Crippen molar-refractivity contribution in [2.45, 2.75) is 12.8 Å². The Hall–Kier alpha value is -1.66. The summed E-state index contributed by atoms with van der Waals surface area (Å²) in [4.78, 5) is 4.14. The Kier molecular flexibility index (Phi) is 2.66. The molecular formula is C14H15N3. The molecule has 0 spiro atoms. The maximum Gasteiger partial charge on any atom is 0.101 e. The summed E-state index contributed by atoms with van der Waals surface area (Å²) in [7, 11) is 0. The molecule has 17 heavy (non-hydrogen) atoms. The fourth-order valence-electron chi connectivity index (χ4n) is 2.86. The molecule has 2 aliphatic rings. The molecule has 2 atom stereocenters. The van der Waals surface area contributed by atoms with Gasteiger partial charge < -0.3 is 5.32 Å². The van der Waals surface area contributed by atoms with Crippen LogP contribution in [0.4, 0.5) is 0 Å². The zero-order valence-corrected chi connectivity index (χ0v) is 9.69. The van der Waals surface area contributed by atoms with E-state index < -0.39 is 0 Å². The molecule has 3 heteroatoms. The highest BCUT2D eigenvalue weighted by atomic mass is 14.9. The standard InChI is InChI=1S/C14H15N3/c15-5-10-3-13(8-16-6-10)11-1-2-12-7-17-9-14(12)4-11/h3-4,6,8,12,14,17H,1-2,7,9H2/t12-,14+/m0/s1. The van der Waals surface area contributed by atoms with Crippen LogP contribution in [0.25, 0.3) is 5.57 Å². The maximum atomic E-state index is 8.89. The molecule has 1 saturated heterocycles. The molecule has 1 aromatic heterocycles. The number of nitrogens with one attached hydrogen (secondary N) is 1. The maximum absolute atomic E-state index is 8.89. The molecule has 1 aliphatic carbocycles. The Morgan fingerprint density at radius 1 is 1.35 bits per heavy atom. The van der Waals surface area contributed by atoms with Crippen LogP contribution in [-0.2, 0) is 0 Å². The van der Waals surface area contributed by atoms with E-state index in [0.29, 0.717) is 11.5 Å². The van der Waals surface area contributed by atoms with Crippen LogP contribution >= 0.6 is 0 Å². The third kappa shape index (κ3) is 1.96. The summed E-state index contributed by atoms with van der Waals surface area (Å²) in [6.07, 6.45) is 8.23. The van der Waals surface area contributed by atoms with Crippen LogP contribution in [0.15, 0.2) is 24.5 Å². The minimum Gasteiger partial charge on any atom is -0.316 e. The van der Waals surface area contributed by atoms with Crippen molar-refractivity contribution in [1.29, 1.82) is 5.26 Å². The molecule has 1 aromatic rings. The highest BCUT2D eigenvalue weighted by molar-refractivity contribution is 5.67. The van der Waals surface area contributed by atoms with Crippen molar-refractivity contribution in [3.05, 3.63) is 35.7 Å². The normalized spacial score (nSPS) is 27.1. The number of rotatable bonds is 1. The van der Waals surface area contributed by atoms with Crippen molar-refractivity contribution in [2.75, 3.05) is 13.1 Å². The van der Waals surface area contributed by atoms with Gasteiger partial charge in [-0.05, 0) is 48.4 Å². The Labute approximate surface area is 101 Å². The SMILES string of the molecule is N#Cc1cncc(C2=C[C@@H]3CNC[C@@H]3CC2)c1. The van der Waals surface area contributed by atoms with Gasteiger partial charge in [-0.2, -0.15) is 5.26 Å². The van der Waals surface area contributed by atoms with Gasteiger partial charge >= 0.3 is 0 Å². The van der Waals surface area contributed by atoms with Gasteiger partial charge in [0.1, 0.15) is 6.07 Å². The minimum absolute atomic E-state index is 0.648. The second-order valence-corrected chi connectivity index (χ2v) is 4.89. The van der Waals surface area contributed by atoms with Crippen LogP contribution in [0.2, 0.25) is 0 Å². The molecule has 1 N–H and O–H groups in total. The number of nitrogens with zero attached hydrogens (tertiary/aromatic N) is 2. The van der Waals surface area contributed by atoms with Crippen molar-refractivity contribution >= 4 is 5.57 Å². The first-order valence-electron chi connectivity index (χ1n) is 6.14. The summed E-state index contributed by atoms with van der Waals surface area (Å²) < 4.78 is 0. The van der Waals surface area contributed by atoms with Crippen molar-refractivity contribution in [1.82, 2.24) is 10.3 Å². The molecule has 0 amide bonds. The van der Waals surface area contributed by atoms with Gasteiger partial charge in [0.05, 0.1) is 5.56 Å². The molecule has 0 unspecified atom stereocenters. The molecule has 0 saturated carbocycles. The summed E-state index contributed by atoms with van der Waals surface area (Å²) in [5.41, 5.74) is 3.13. The van der Waals surface area contributed by atoms with Gasteiger partial charge in [0.25, 0.3) is 0 Å². The van der Waals surface area contributed by atoms with Crippen LogP contribution < -0.4 is 5.32 Å².